The molecule has 0 unspecified atom stereocenters. The van der Waals surface area contributed by atoms with E-state index >= 15 is 0 Å². The number of carbonyl (C=O) groups excluding carboxylic acids is 1. The fraction of sp³-hybridized carbons (Fsp3) is 0.231. The first kappa shape index (κ1) is 13.0. The minimum absolute atomic E-state index is 0.104. The number of anilines is 1. The molecule has 0 aliphatic carbocycles. The van der Waals surface area contributed by atoms with E-state index in [-0.39, 0.29) is 11.5 Å². The molecule has 0 saturated heterocycles. The molecule has 90 valence electrons. The molecule has 0 aromatic heterocycles. The highest BCUT2D eigenvalue weighted by Gasteiger charge is 2.08. The molecule has 0 aliphatic heterocycles. The molecule has 2 N–H and O–H groups in total. The van der Waals surface area contributed by atoms with Crippen LogP contribution in [0.3, 0.4) is 0 Å². The third-order valence-corrected chi connectivity index (χ3v) is 2.32. The summed E-state index contributed by atoms with van der Waals surface area (Å²) in [5.74, 6) is -1.07. The number of benzene rings is 1. The van der Waals surface area contributed by atoms with Crippen molar-refractivity contribution in [1.82, 2.24) is 0 Å². The second kappa shape index (κ2) is 5.84. The number of aryl methyl sites for hydroxylation is 1. The molecular weight excluding hydrogens is 218 g/mol. The highest BCUT2D eigenvalue weighted by molar-refractivity contribution is 5.93. The van der Waals surface area contributed by atoms with Crippen LogP contribution in [0, 0.1) is 6.92 Å². The van der Waals surface area contributed by atoms with Gasteiger partial charge < -0.3 is 10.4 Å². The fourth-order valence-corrected chi connectivity index (χ4v) is 1.44. The van der Waals surface area contributed by atoms with Crippen LogP contribution in [0.15, 0.2) is 30.9 Å². The third-order valence-electron chi connectivity index (χ3n) is 2.32. The first-order chi connectivity index (χ1) is 8.04. The van der Waals surface area contributed by atoms with Crippen LogP contribution < -0.4 is 5.32 Å². The van der Waals surface area contributed by atoms with Gasteiger partial charge in [0.2, 0.25) is 5.91 Å². The van der Waals surface area contributed by atoms with Gasteiger partial charge in [0.15, 0.2) is 0 Å². The lowest BCUT2D eigenvalue weighted by Gasteiger charge is -2.07. The van der Waals surface area contributed by atoms with Gasteiger partial charge in [-0.1, -0.05) is 6.08 Å². The van der Waals surface area contributed by atoms with Crippen LogP contribution in [-0.2, 0) is 4.79 Å². The fourth-order valence-electron chi connectivity index (χ4n) is 1.44. The van der Waals surface area contributed by atoms with Gasteiger partial charge in [0.25, 0.3) is 0 Å². The van der Waals surface area contributed by atoms with Crippen molar-refractivity contribution in [3.63, 3.8) is 0 Å². The molecule has 1 aromatic rings. The van der Waals surface area contributed by atoms with Crippen LogP contribution in [0.25, 0.3) is 0 Å². The Labute approximate surface area is 100.0 Å². The number of allylic oxidation sites excluding steroid dienone is 1. The second-order valence-electron chi connectivity index (χ2n) is 3.71. The van der Waals surface area contributed by atoms with Gasteiger partial charge in [0.05, 0.1) is 5.56 Å². The molecule has 0 heterocycles. The maximum Gasteiger partial charge on any atom is 0.335 e. The minimum Gasteiger partial charge on any atom is -0.478 e. The van der Waals surface area contributed by atoms with Crippen molar-refractivity contribution in [2.45, 2.75) is 19.8 Å². The summed E-state index contributed by atoms with van der Waals surface area (Å²) < 4.78 is 0. The van der Waals surface area contributed by atoms with Gasteiger partial charge in [-0.15, -0.1) is 6.58 Å². The largest absolute Gasteiger partial charge is 0.478 e. The Morgan fingerprint density at radius 2 is 2.18 bits per heavy atom. The Hall–Kier alpha value is -2.10. The highest BCUT2D eigenvalue weighted by atomic mass is 16.4. The molecule has 0 fully saturated rings. The highest BCUT2D eigenvalue weighted by Crippen LogP contribution is 2.15. The molecule has 4 nitrogen and oxygen atoms in total. The van der Waals surface area contributed by atoms with E-state index in [2.05, 4.69) is 11.9 Å². The molecule has 1 aromatic carbocycles. The van der Waals surface area contributed by atoms with Crippen LogP contribution >= 0.6 is 0 Å². The predicted octanol–water partition coefficient (Wildman–Crippen LogP) is 2.60. The van der Waals surface area contributed by atoms with E-state index in [9.17, 15) is 9.59 Å². The topological polar surface area (TPSA) is 66.4 Å². The van der Waals surface area contributed by atoms with Crippen LogP contribution in [0.4, 0.5) is 5.69 Å². The number of hydrogen-bond donors (Lipinski definition) is 2. The van der Waals surface area contributed by atoms with E-state index in [0.29, 0.717) is 24.1 Å². The molecule has 4 heteroatoms. The van der Waals surface area contributed by atoms with E-state index < -0.39 is 5.97 Å². The predicted molar refractivity (Wildman–Crippen MR) is 66.2 cm³/mol. The summed E-state index contributed by atoms with van der Waals surface area (Å²) >= 11 is 0. The number of rotatable bonds is 5. The number of hydrogen-bond acceptors (Lipinski definition) is 2. The van der Waals surface area contributed by atoms with Crippen molar-refractivity contribution in [2.24, 2.45) is 0 Å². The molecule has 0 aliphatic rings. The number of carboxylic acid groups (broad SMARTS) is 1. The van der Waals surface area contributed by atoms with E-state index in [1.54, 1.807) is 25.1 Å². The van der Waals surface area contributed by atoms with E-state index in [4.69, 9.17) is 5.11 Å². The zero-order valence-electron chi connectivity index (χ0n) is 9.69. The van der Waals surface area contributed by atoms with Crippen molar-refractivity contribution >= 4 is 17.6 Å². The van der Waals surface area contributed by atoms with Crippen molar-refractivity contribution < 1.29 is 14.7 Å². The Morgan fingerprint density at radius 1 is 1.47 bits per heavy atom. The lowest BCUT2D eigenvalue weighted by atomic mass is 10.1. The van der Waals surface area contributed by atoms with E-state index in [0.717, 1.165) is 0 Å². The SMILES string of the molecule is C=CCCC(=O)Nc1ccc(C(=O)O)c(C)c1. The van der Waals surface area contributed by atoms with Crippen molar-refractivity contribution in [1.29, 1.82) is 0 Å². The smallest absolute Gasteiger partial charge is 0.335 e. The molecule has 1 rings (SSSR count). The number of amides is 1. The zero-order valence-corrected chi connectivity index (χ0v) is 9.69. The quantitative estimate of drug-likeness (QED) is 0.768. The van der Waals surface area contributed by atoms with Crippen LogP contribution in [0.5, 0.6) is 0 Å². The lowest BCUT2D eigenvalue weighted by molar-refractivity contribution is -0.116. The van der Waals surface area contributed by atoms with Gasteiger partial charge >= 0.3 is 5.97 Å². The standard InChI is InChI=1S/C13H15NO3/c1-3-4-5-12(15)14-10-6-7-11(13(16)17)9(2)8-10/h3,6-8H,1,4-5H2,2H3,(H,14,15)(H,16,17). The van der Waals surface area contributed by atoms with Gasteiger partial charge in [0, 0.05) is 12.1 Å². The number of aromatic carboxylic acids is 1. The van der Waals surface area contributed by atoms with Gasteiger partial charge in [-0.05, 0) is 37.1 Å². The maximum absolute atomic E-state index is 11.4. The third kappa shape index (κ3) is 3.75. The average molecular weight is 233 g/mol. The summed E-state index contributed by atoms with van der Waals surface area (Å²) in [5, 5.41) is 11.6. The summed E-state index contributed by atoms with van der Waals surface area (Å²) in [5.41, 5.74) is 1.48. The summed E-state index contributed by atoms with van der Waals surface area (Å²) in [4.78, 5) is 22.2. The Bertz CT molecular complexity index is 452. The molecular formula is C13H15NO3. The molecule has 17 heavy (non-hydrogen) atoms. The van der Waals surface area contributed by atoms with Crippen LogP contribution in [-0.4, -0.2) is 17.0 Å². The molecule has 0 spiro atoms. The normalized spacial score (nSPS) is 9.71. The van der Waals surface area contributed by atoms with Crippen molar-refractivity contribution in [3.8, 4) is 0 Å². The van der Waals surface area contributed by atoms with Gasteiger partial charge in [0.1, 0.15) is 0 Å². The van der Waals surface area contributed by atoms with Gasteiger partial charge in [-0.3, -0.25) is 4.79 Å². The Kier molecular flexibility index (Phi) is 4.46. The second-order valence-corrected chi connectivity index (χ2v) is 3.71. The Morgan fingerprint density at radius 3 is 2.71 bits per heavy atom. The van der Waals surface area contributed by atoms with Gasteiger partial charge in [-0.2, -0.15) is 0 Å². The minimum atomic E-state index is -0.966. The molecule has 0 saturated carbocycles. The maximum atomic E-state index is 11.4. The number of carbonyl (C=O) groups is 2. The summed E-state index contributed by atoms with van der Waals surface area (Å²) in [6.45, 7) is 5.24. The van der Waals surface area contributed by atoms with Crippen molar-refractivity contribution in [3.05, 3.63) is 42.0 Å². The zero-order chi connectivity index (χ0) is 12.8. The first-order valence-electron chi connectivity index (χ1n) is 5.29. The van der Waals surface area contributed by atoms with E-state index in [1.807, 2.05) is 0 Å². The number of carboxylic acids is 1. The molecule has 0 radical (unpaired) electrons. The first-order valence-corrected chi connectivity index (χ1v) is 5.29. The molecule has 0 atom stereocenters. The lowest BCUT2D eigenvalue weighted by Crippen LogP contribution is -2.11. The molecule has 1 amide bonds. The summed E-state index contributed by atoms with van der Waals surface area (Å²) in [7, 11) is 0. The van der Waals surface area contributed by atoms with Crippen LogP contribution in [0.2, 0.25) is 0 Å². The monoisotopic (exact) mass is 233 g/mol. The number of nitrogens with one attached hydrogen (secondary N) is 1. The van der Waals surface area contributed by atoms with E-state index in [1.165, 1.54) is 6.07 Å². The van der Waals surface area contributed by atoms with Crippen LogP contribution in [0.1, 0.15) is 28.8 Å². The summed E-state index contributed by atoms with van der Waals surface area (Å²) in [6.07, 6.45) is 2.68. The average Bonchev–Trinajstić information content (AvgIpc) is 2.26. The van der Waals surface area contributed by atoms with Gasteiger partial charge in [-0.25, -0.2) is 4.79 Å². The Balaban J connectivity index is 2.74. The summed E-state index contributed by atoms with van der Waals surface area (Å²) in [6, 6.07) is 4.72. The molecule has 0 bridgehead atoms. The van der Waals surface area contributed by atoms with Crippen molar-refractivity contribution in [2.75, 3.05) is 5.32 Å².